The van der Waals surface area contributed by atoms with Gasteiger partial charge in [0.15, 0.2) is 0 Å². The predicted octanol–water partition coefficient (Wildman–Crippen LogP) is 2.94. The molecule has 0 bridgehead atoms. The van der Waals surface area contributed by atoms with E-state index in [1.165, 1.54) is 15.7 Å². The van der Waals surface area contributed by atoms with Crippen LogP contribution >= 0.6 is 0 Å². The van der Waals surface area contributed by atoms with E-state index in [2.05, 4.69) is 0 Å². The zero-order valence-corrected chi connectivity index (χ0v) is 15.2. The largest absolute Gasteiger partial charge is 0.506 e. The maximum atomic E-state index is 13.2. The van der Waals surface area contributed by atoms with E-state index < -0.39 is 11.5 Å². The summed E-state index contributed by atoms with van der Waals surface area (Å²) in [6.07, 6.45) is 3.79. The number of fused-ring (bicyclic) bond motifs is 3. The van der Waals surface area contributed by atoms with Crippen LogP contribution in [-0.4, -0.2) is 22.1 Å². The quantitative estimate of drug-likeness (QED) is 0.726. The minimum absolute atomic E-state index is 0.139. The Bertz CT molecular complexity index is 1180. The molecule has 5 heteroatoms. The number of carbonyl (C=O) groups excluding carboxylic acids is 1. The van der Waals surface area contributed by atoms with E-state index in [0.717, 1.165) is 36.9 Å². The molecule has 0 radical (unpaired) electrons. The molecule has 1 N–H and O–H groups in total. The molecule has 2 aliphatic rings. The molecule has 1 amide bonds. The maximum absolute atomic E-state index is 13.2. The second-order valence-corrected chi connectivity index (χ2v) is 7.41. The Kier molecular flexibility index (Phi) is 3.41. The first-order valence-corrected chi connectivity index (χ1v) is 9.33. The molecule has 3 aromatic rings. The van der Waals surface area contributed by atoms with Crippen molar-refractivity contribution in [1.82, 2.24) is 4.57 Å². The van der Waals surface area contributed by atoms with Crippen molar-refractivity contribution in [3.63, 3.8) is 0 Å². The molecule has 0 unspecified atom stereocenters. The normalized spacial score (nSPS) is 15.2. The monoisotopic (exact) mass is 360 g/mol. The minimum atomic E-state index is -0.452. The van der Waals surface area contributed by atoms with Gasteiger partial charge in [-0.2, -0.15) is 0 Å². The van der Waals surface area contributed by atoms with E-state index in [9.17, 15) is 14.7 Å². The highest BCUT2D eigenvalue weighted by Crippen LogP contribution is 2.35. The van der Waals surface area contributed by atoms with Crippen molar-refractivity contribution < 1.29 is 9.90 Å². The molecule has 0 saturated heterocycles. The zero-order chi connectivity index (χ0) is 18.7. The Labute approximate surface area is 156 Å². The maximum Gasteiger partial charge on any atom is 0.267 e. The third-order valence-electron chi connectivity index (χ3n) is 5.93. The molecule has 1 aromatic heterocycles. The fourth-order valence-corrected chi connectivity index (χ4v) is 4.47. The van der Waals surface area contributed by atoms with Crippen LogP contribution in [-0.2, 0) is 26.3 Å². The number of carbonyl (C=O) groups is 1. The number of hydrogen-bond acceptors (Lipinski definition) is 3. The lowest BCUT2D eigenvalue weighted by Crippen LogP contribution is -2.35. The van der Waals surface area contributed by atoms with Gasteiger partial charge >= 0.3 is 0 Å². The summed E-state index contributed by atoms with van der Waals surface area (Å²) in [6.45, 7) is 0.517. The molecule has 0 spiro atoms. The average molecular weight is 360 g/mol. The van der Waals surface area contributed by atoms with Crippen LogP contribution in [0.25, 0.3) is 10.9 Å². The number of benzene rings is 2. The lowest BCUT2D eigenvalue weighted by atomic mass is 10.0. The standard InChI is InChI=1S/C22H20N2O3/c1-23-18-12-15-7-4-6-14(15)11-16(18)20(25)19(21(23)26)22(27)24-10-9-13-5-2-3-8-17(13)24/h2-3,5,8,11-12,25H,4,6-7,9-10H2,1H3. The number of amides is 1. The second-order valence-electron chi connectivity index (χ2n) is 7.41. The molecule has 5 rings (SSSR count). The van der Waals surface area contributed by atoms with Gasteiger partial charge < -0.3 is 14.6 Å². The Morgan fingerprint density at radius 2 is 1.78 bits per heavy atom. The van der Waals surface area contributed by atoms with Crippen molar-refractivity contribution >= 4 is 22.5 Å². The third kappa shape index (κ3) is 2.24. The summed E-state index contributed by atoms with van der Waals surface area (Å²) < 4.78 is 1.49. The molecule has 1 aliphatic heterocycles. The van der Waals surface area contributed by atoms with Gasteiger partial charge in [0.1, 0.15) is 11.3 Å². The molecule has 0 fully saturated rings. The van der Waals surface area contributed by atoms with Crippen LogP contribution < -0.4 is 10.5 Å². The summed E-state index contributed by atoms with van der Waals surface area (Å²) >= 11 is 0. The number of hydrogen-bond donors (Lipinski definition) is 1. The average Bonchev–Trinajstić information content (AvgIpc) is 3.31. The van der Waals surface area contributed by atoms with Gasteiger partial charge in [0, 0.05) is 24.7 Å². The Morgan fingerprint density at radius 3 is 2.59 bits per heavy atom. The van der Waals surface area contributed by atoms with Gasteiger partial charge in [-0.05, 0) is 60.6 Å². The Balaban J connectivity index is 1.71. The number of aryl methyl sites for hydroxylation is 3. The first-order valence-electron chi connectivity index (χ1n) is 9.33. The molecule has 136 valence electrons. The lowest BCUT2D eigenvalue weighted by molar-refractivity contribution is 0.0985. The predicted molar refractivity (Wildman–Crippen MR) is 105 cm³/mol. The molecular formula is C22H20N2O3. The molecule has 1 aliphatic carbocycles. The summed E-state index contributed by atoms with van der Waals surface area (Å²) in [5.41, 5.74) is 4.41. The van der Waals surface area contributed by atoms with E-state index in [1.54, 1.807) is 11.9 Å². The Morgan fingerprint density at radius 1 is 1.04 bits per heavy atom. The van der Waals surface area contributed by atoms with Gasteiger partial charge in [-0.3, -0.25) is 9.59 Å². The van der Waals surface area contributed by atoms with Crippen molar-refractivity contribution in [2.75, 3.05) is 11.4 Å². The Hall–Kier alpha value is -3.08. The minimum Gasteiger partial charge on any atom is -0.506 e. The van der Waals surface area contributed by atoms with Crippen molar-refractivity contribution in [2.24, 2.45) is 7.05 Å². The van der Waals surface area contributed by atoms with Gasteiger partial charge in [0.05, 0.1) is 5.52 Å². The molecule has 0 atom stereocenters. The van der Waals surface area contributed by atoms with Crippen LogP contribution in [0.2, 0.25) is 0 Å². The van der Waals surface area contributed by atoms with Crippen LogP contribution in [0.4, 0.5) is 5.69 Å². The highest BCUT2D eigenvalue weighted by atomic mass is 16.3. The SMILES string of the molecule is Cn1c(=O)c(C(=O)N2CCc3ccccc32)c(O)c2cc3c(cc21)CCC3. The number of aromatic nitrogens is 1. The third-order valence-corrected chi connectivity index (χ3v) is 5.93. The van der Waals surface area contributed by atoms with Gasteiger partial charge in [0.2, 0.25) is 0 Å². The number of para-hydroxylation sites is 1. The number of nitrogens with zero attached hydrogens (tertiary/aromatic N) is 2. The summed E-state index contributed by atoms with van der Waals surface area (Å²) in [5, 5.41) is 11.5. The van der Waals surface area contributed by atoms with Gasteiger partial charge in [-0.25, -0.2) is 0 Å². The molecule has 2 heterocycles. The smallest absolute Gasteiger partial charge is 0.267 e. The molecule has 27 heavy (non-hydrogen) atoms. The number of rotatable bonds is 1. The first-order chi connectivity index (χ1) is 13.1. The van der Waals surface area contributed by atoms with E-state index in [4.69, 9.17) is 0 Å². The van der Waals surface area contributed by atoms with Crippen LogP contribution in [0, 0.1) is 0 Å². The summed E-state index contributed by atoms with van der Waals surface area (Å²) in [4.78, 5) is 27.8. The summed E-state index contributed by atoms with van der Waals surface area (Å²) in [5.74, 6) is -0.627. The molecular weight excluding hydrogens is 340 g/mol. The number of aromatic hydroxyl groups is 1. The number of pyridine rings is 1. The van der Waals surface area contributed by atoms with Crippen molar-refractivity contribution in [3.05, 3.63) is 69.0 Å². The molecule has 2 aromatic carbocycles. The van der Waals surface area contributed by atoms with Crippen LogP contribution in [0.1, 0.15) is 33.5 Å². The fourth-order valence-electron chi connectivity index (χ4n) is 4.47. The van der Waals surface area contributed by atoms with Crippen LogP contribution in [0.3, 0.4) is 0 Å². The second kappa shape index (κ2) is 5.71. The van der Waals surface area contributed by atoms with E-state index >= 15 is 0 Å². The van der Waals surface area contributed by atoms with E-state index in [0.29, 0.717) is 17.4 Å². The first kappa shape index (κ1) is 16.1. The van der Waals surface area contributed by atoms with Gasteiger partial charge in [0.25, 0.3) is 11.5 Å². The highest BCUT2D eigenvalue weighted by Gasteiger charge is 2.31. The topological polar surface area (TPSA) is 62.5 Å². The lowest BCUT2D eigenvalue weighted by Gasteiger charge is -2.19. The van der Waals surface area contributed by atoms with Gasteiger partial charge in [-0.1, -0.05) is 18.2 Å². The van der Waals surface area contributed by atoms with E-state index in [1.807, 2.05) is 36.4 Å². The van der Waals surface area contributed by atoms with Crippen molar-refractivity contribution in [2.45, 2.75) is 25.7 Å². The van der Waals surface area contributed by atoms with Gasteiger partial charge in [-0.15, -0.1) is 0 Å². The van der Waals surface area contributed by atoms with Crippen LogP contribution in [0.15, 0.2) is 41.2 Å². The fraction of sp³-hybridized carbons (Fsp3) is 0.273. The van der Waals surface area contributed by atoms with E-state index in [-0.39, 0.29) is 11.3 Å². The summed E-state index contributed by atoms with van der Waals surface area (Å²) in [7, 11) is 1.67. The zero-order valence-electron chi connectivity index (χ0n) is 15.2. The number of anilines is 1. The molecule has 0 saturated carbocycles. The molecule has 5 nitrogen and oxygen atoms in total. The highest BCUT2D eigenvalue weighted by molar-refractivity contribution is 6.11. The summed E-state index contributed by atoms with van der Waals surface area (Å²) in [6, 6.07) is 11.6. The van der Waals surface area contributed by atoms with Crippen molar-refractivity contribution in [3.8, 4) is 5.75 Å². The van der Waals surface area contributed by atoms with Crippen LogP contribution in [0.5, 0.6) is 5.75 Å². The van der Waals surface area contributed by atoms with Crippen molar-refractivity contribution in [1.29, 1.82) is 0 Å².